The Balaban J connectivity index is 1.79. The predicted octanol–water partition coefficient (Wildman–Crippen LogP) is 6.07. The number of ether oxygens (including phenoxy) is 3. The van der Waals surface area contributed by atoms with Crippen LogP contribution in [-0.4, -0.2) is 38.1 Å². The molecule has 200 valence electrons. The molecule has 2 N–H and O–H groups in total. The summed E-state index contributed by atoms with van der Waals surface area (Å²) in [7, 11) is 3.17. The van der Waals surface area contributed by atoms with Crippen LogP contribution in [-0.2, 0) is 16.1 Å². The van der Waals surface area contributed by atoms with Gasteiger partial charge in [-0.2, -0.15) is 5.26 Å². The summed E-state index contributed by atoms with van der Waals surface area (Å²) in [5.41, 5.74) is 9.84. The van der Waals surface area contributed by atoms with E-state index in [1.807, 2.05) is 41.3 Å². The standard InChI is InChI=1S/C29H31BrClN3O4/c1-29(2)13-22-26(23(35)14-29)25(20(15-32)28(33)34(22)9-10-36-3)18-11-21(30)27(24(12-18)37-4)38-16-17-5-7-19(31)8-6-17/h5-8,11-12,25H,9-10,13-14,16,33H2,1-4H3/t25-/m1/s1. The van der Waals surface area contributed by atoms with Gasteiger partial charge in [-0.3, -0.25) is 4.79 Å². The van der Waals surface area contributed by atoms with Crippen molar-refractivity contribution in [2.75, 3.05) is 27.4 Å². The third-order valence-electron chi connectivity index (χ3n) is 6.89. The first-order chi connectivity index (χ1) is 18.1. The Morgan fingerprint density at radius 2 is 1.92 bits per heavy atom. The molecule has 4 rings (SSSR count). The van der Waals surface area contributed by atoms with Crippen LogP contribution in [0.25, 0.3) is 0 Å². The molecule has 1 atom stereocenters. The van der Waals surface area contributed by atoms with E-state index in [2.05, 4.69) is 35.8 Å². The molecule has 1 aliphatic carbocycles. The molecule has 1 heterocycles. The lowest BCUT2D eigenvalue weighted by molar-refractivity contribution is -0.118. The number of nitrogens with two attached hydrogens (primary N) is 1. The second-order valence-corrected chi connectivity index (χ2v) is 11.5. The van der Waals surface area contributed by atoms with Crippen LogP contribution in [0.15, 0.2) is 63.5 Å². The Morgan fingerprint density at radius 1 is 1.21 bits per heavy atom. The third kappa shape index (κ3) is 5.56. The number of carbonyl (C=O) groups is 1. The van der Waals surface area contributed by atoms with Crippen LogP contribution in [0, 0.1) is 16.7 Å². The van der Waals surface area contributed by atoms with Crippen LogP contribution in [0.2, 0.25) is 5.02 Å². The summed E-state index contributed by atoms with van der Waals surface area (Å²) in [5.74, 6) is 0.739. The second kappa shape index (κ2) is 11.4. The summed E-state index contributed by atoms with van der Waals surface area (Å²) in [6, 6.07) is 13.4. The van der Waals surface area contributed by atoms with Crippen molar-refractivity contribution in [2.45, 2.75) is 39.2 Å². The number of hydrogen-bond donors (Lipinski definition) is 1. The van der Waals surface area contributed by atoms with Gasteiger partial charge in [-0.05, 0) is 63.2 Å². The SMILES string of the molecule is COCCN1C(N)=C(C#N)[C@@H](c2cc(Br)c(OCc3ccc(Cl)cc3)c(OC)c2)C2=C1CC(C)(C)CC2=O. The molecule has 9 heteroatoms. The number of rotatable bonds is 8. The molecule has 0 bridgehead atoms. The monoisotopic (exact) mass is 599 g/mol. The van der Waals surface area contributed by atoms with Crippen molar-refractivity contribution in [1.82, 2.24) is 4.90 Å². The minimum absolute atomic E-state index is 0.0158. The molecule has 38 heavy (non-hydrogen) atoms. The van der Waals surface area contributed by atoms with Crippen LogP contribution in [0.5, 0.6) is 11.5 Å². The van der Waals surface area contributed by atoms with Gasteiger partial charge in [0.05, 0.1) is 35.7 Å². The van der Waals surface area contributed by atoms with Crippen molar-refractivity contribution in [3.63, 3.8) is 0 Å². The number of nitrogens with zero attached hydrogens (tertiary/aromatic N) is 2. The molecule has 0 saturated heterocycles. The number of Topliss-reactive ketones (excluding diaryl/α,β-unsaturated/α-hetero) is 1. The van der Waals surface area contributed by atoms with Crippen molar-refractivity contribution in [3.8, 4) is 17.6 Å². The molecule has 0 fully saturated rings. The van der Waals surface area contributed by atoms with E-state index >= 15 is 0 Å². The number of nitriles is 1. The van der Waals surface area contributed by atoms with E-state index in [1.54, 1.807) is 14.2 Å². The molecule has 0 saturated carbocycles. The number of benzene rings is 2. The van der Waals surface area contributed by atoms with Crippen LogP contribution in [0.4, 0.5) is 0 Å². The highest BCUT2D eigenvalue weighted by Crippen LogP contribution is 2.50. The Hall–Kier alpha value is -2.99. The molecule has 0 spiro atoms. The normalized spacial score (nSPS) is 18.8. The molecule has 7 nitrogen and oxygen atoms in total. The molecule has 0 unspecified atom stereocenters. The number of allylic oxidation sites excluding steroid dienone is 3. The number of ketones is 1. The number of hydrogen-bond acceptors (Lipinski definition) is 7. The summed E-state index contributed by atoms with van der Waals surface area (Å²) in [6.07, 6.45) is 1.05. The topological polar surface area (TPSA) is 97.8 Å². The van der Waals surface area contributed by atoms with Gasteiger partial charge in [-0.25, -0.2) is 0 Å². The smallest absolute Gasteiger partial charge is 0.175 e. The maximum Gasteiger partial charge on any atom is 0.175 e. The maximum atomic E-state index is 13.6. The lowest BCUT2D eigenvalue weighted by Crippen LogP contribution is -2.43. The summed E-state index contributed by atoms with van der Waals surface area (Å²) in [5, 5.41) is 10.9. The molecule has 1 aliphatic heterocycles. The van der Waals surface area contributed by atoms with Gasteiger partial charge in [0.25, 0.3) is 0 Å². The summed E-state index contributed by atoms with van der Waals surface area (Å²) in [4.78, 5) is 15.5. The molecule has 0 amide bonds. The second-order valence-electron chi connectivity index (χ2n) is 10.2. The first-order valence-corrected chi connectivity index (χ1v) is 13.4. The van der Waals surface area contributed by atoms with E-state index < -0.39 is 5.92 Å². The summed E-state index contributed by atoms with van der Waals surface area (Å²) >= 11 is 9.63. The largest absolute Gasteiger partial charge is 0.493 e. The molecule has 2 aromatic carbocycles. The van der Waals surface area contributed by atoms with Gasteiger partial charge in [0.15, 0.2) is 17.3 Å². The lowest BCUT2D eigenvalue weighted by Gasteiger charge is -2.43. The van der Waals surface area contributed by atoms with Crippen LogP contribution in [0.3, 0.4) is 0 Å². The van der Waals surface area contributed by atoms with Crippen LogP contribution in [0.1, 0.15) is 43.7 Å². The van der Waals surface area contributed by atoms with E-state index in [-0.39, 0.29) is 11.2 Å². The van der Waals surface area contributed by atoms with E-state index in [4.69, 9.17) is 31.5 Å². The van der Waals surface area contributed by atoms with Crippen molar-refractivity contribution < 1.29 is 19.0 Å². The zero-order chi connectivity index (χ0) is 27.6. The minimum Gasteiger partial charge on any atom is -0.493 e. The van der Waals surface area contributed by atoms with Gasteiger partial charge >= 0.3 is 0 Å². The predicted molar refractivity (Wildman–Crippen MR) is 150 cm³/mol. The number of carbonyl (C=O) groups excluding carboxylic acids is 1. The highest BCUT2D eigenvalue weighted by Gasteiger charge is 2.44. The zero-order valence-corrected chi connectivity index (χ0v) is 24.3. The Morgan fingerprint density at radius 3 is 2.55 bits per heavy atom. The van der Waals surface area contributed by atoms with E-state index in [0.717, 1.165) is 16.8 Å². The average Bonchev–Trinajstić information content (AvgIpc) is 2.87. The Bertz CT molecular complexity index is 1340. The van der Waals surface area contributed by atoms with Crippen molar-refractivity contribution in [2.24, 2.45) is 11.1 Å². The van der Waals surface area contributed by atoms with E-state index in [1.165, 1.54) is 0 Å². The first kappa shape index (κ1) is 28.0. The quantitative estimate of drug-likeness (QED) is 0.393. The number of halogens is 2. The molecular formula is C29H31BrClN3O4. The highest BCUT2D eigenvalue weighted by molar-refractivity contribution is 9.10. The van der Waals surface area contributed by atoms with E-state index in [0.29, 0.717) is 70.6 Å². The average molecular weight is 601 g/mol. The zero-order valence-electron chi connectivity index (χ0n) is 21.9. The van der Waals surface area contributed by atoms with Crippen molar-refractivity contribution in [1.29, 1.82) is 5.26 Å². The van der Waals surface area contributed by atoms with Gasteiger partial charge in [-0.15, -0.1) is 0 Å². The van der Waals surface area contributed by atoms with Gasteiger partial charge in [0.1, 0.15) is 12.4 Å². The fraction of sp³-hybridized carbons (Fsp3) is 0.379. The van der Waals surface area contributed by atoms with Crippen molar-refractivity contribution >= 4 is 33.3 Å². The van der Waals surface area contributed by atoms with Crippen LogP contribution < -0.4 is 15.2 Å². The highest BCUT2D eigenvalue weighted by atomic mass is 79.9. The fourth-order valence-corrected chi connectivity index (χ4v) is 5.83. The van der Waals surface area contributed by atoms with Gasteiger partial charge in [-0.1, -0.05) is 37.6 Å². The van der Waals surface area contributed by atoms with Gasteiger partial charge < -0.3 is 24.8 Å². The lowest BCUT2D eigenvalue weighted by atomic mass is 9.68. The minimum atomic E-state index is -0.618. The first-order valence-electron chi connectivity index (χ1n) is 12.3. The summed E-state index contributed by atoms with van der Waals surface area (Å²) in [6.45, 7) is 5.32. The Labute approximate surface area is 236 Å². The van der Waals surface area contributed by atoms with Gasteiger partial charge in [0.2, 0.25) is 0 Å². The van der Waals surface area contributed by atoms with Gasteiger partial charge in [0, 0.05) is 36.4 Å². The van der Waals surface area contributed by atoms with E-state index in [9.17, 15) is 10.1 Å². The molecule has 0 aromatic heterocycles. The third-order valence-corrected chi connectivity index (χ3v) is 7.73. The summed E-state index contributed by atoms with van der Waals surface area (Å²) < 4.78 is 17.7. The van der Waals surface area contributed by atoms with Crippen LogP contribution >= 0.6 is 27.5 Å². The molecule has 0 radical (unpaired) electrons. The molecular weight excluding hydrogens is 570 g/mol. The van der Waals surface area contributed by atoms with Crippen molar-refractivity contribution in [3.05, 3.63) is 79.7 Å². The maximum absolute atomic E-state index is 13.6. The Kier molecular flexibility index (Phi) is 8.41. The molecule has 2 aromatic rings. The molecule has 2 aliphatic rings. The number of methoxy groups -OCH3 is 2. The fourth-order valence-electron chi connectivity index (χ4n) is 5.13.